The Morgan fingerprint density at radius 2 is 1.73 bits per heavy atom. The van der Waals surface area contributed by atoms with Crippen molar-refractivity contribution < 1.29 is 15.0 Å². The van der Waals surface area contributed by atoms with Gasteiger partial charge in [0.2, 0.25) is 0 Å². The Morgan fingerprint density at radius 1 is 1.27 bits per heavy atom. The molecule has 0 amide bonds. The van der Waals surface area contributed by atoms with E-state index in [0.29, 0.717) is 9.81 Å². The zero-order valence-electron chi connectivity index (χ0n) is 5.18. The molecule has 0 fully saturated rings. The van der Waals surface area contributed by atoms with E-state index in [0.717, 1.165) is 0 Å². The maximum atomic E-state index is 8.54. The molecule has 0 spiro atoms. The van der Waals surface area contributed by atoms with E-state index in [1.807, 2.05) is 12.1 Å². The second-order valence-electron chi connectivity index (χ2n) is 1.59. The molecule has 0 radical (unpaired) electrons. The van der Waals surface area contributed by atoms with Gasteiger partial charge in [-0.2, -0.15) is 0 Å². The number of nitrogens with zero attached hydrogens (tertiary/aromatic N) is 2. The third-order valence-electron chi connectivity index (χ3n) is 0.963. The van der Waals surface area contributed by atoms with Gasteiger partial charge in [-0.05, 0) is 0 Å². The first-order valence-corrected chi connectivity index (χ1v) is 4.92. The minimum absolute atomic E-state index is 0.0827. The molecule has 11 heavy (non-hydrogen) atoms. The van der Waals surface area contributed by atoms with Crippen LogP contribution in [0.2, 0.25) is 0 Å². The number of nitriles is 2. The molecule has 0 aromatic carbocycles. The van der Waals surface area contributed by atoms with Crippen LogP contribution in [0.4, 0.5) is 0 Å². The molecule has 0 saturated heterocycles. The number of rotatable bonds is 1. The van der Waals surface area contributed by atoms with Crippen LogP contribution < -0.4 is 0 Å². The van der Waals surface area contributed by atoms with Gasteiger partial charge in [0, 0.05) is 0 Å². The summed E-state index contributed by atoms with van der Waals surface area (Å²) in [5.74, 6) is 0. The predicted molar refractivity (Wildman–Crippen MR) is 43.3 cm³/mol. The first kappa shape index (κ1) is 8.88. The number of thioether (sulfide) groups is 2. The number of allylic oxidation sites excluding steroid dienone is 2. The van der Waals surface area contributed by atoms with Gasteiger partial charge in [-0.25, -0.2) is 0 Å². The van der Waals surface area contributed by atoms with Crippen LogP contribution in [0.1, 0.15) is 0 Å². The van der Waals surface area contributed by atoms with E-state index in [9.17, 15) is 0 Å². The normalized spacial score (nSPS) is 17.8. The summed E-state index contributed by atoms with van der Waals surface area (Å²) >= 11 is 7.13. The molecule has 1 heterocycles. The summed E-state index contributed by atoms with van der Waals surface area (Å²) in [6.07, 6.45) is 0. The quantitative estimate of drug-likeness (QED) is 0.632. The Labute approximate surface area is 80.6 Å². The Balaban J connectivity index is 2.83. The fourth-order valence-electron chi connectivity index (χ4n) is 0.561. The van der Waals surface area contributed by atoms with Crippen LogP contribution in [-0.4, -0.2) is 9.58 Å². The van der Waals surface area contributed by atoms with Gasteiger partial charge in [0.05, 0.1) is 0 Å². The third kappa shape index (κ3) is 1.87. The molecule has 0 aliphatic carbocycles. The summed E-state index contributed by atoms with van der Waals surface area (Å²) < 4.78 is 0.0827. The van der Waals surface area contributed by atoms with E-state index in [4.69, 9.17) is 10.5 Å². The summed E-state index contributed by atoms with van der Waals surface area (Å²) in [6, 6.07) is 3.93. The summed E-state index contributed by atoms with van der Waals surface area (Å²) in [5, 5.41) is 17.1. The van der Waals surface area contributed by atoms with Gasteiger partial charge in [-0.1, -0.05) is 0 Å². The second-order valence-corrected chi connectivity index (χ2v) is 4.52. The number of hydrogen-bond acceptors (Lipinski definition) is 4. The van der Waals surface area contributed by atoms with Gasteiger partial charge >= 0.3 is 80.6 Å². The predicted octanol–water partition coefficient (Wildman–Crippen LogP) is 1.40. The fraction of sp³-hybridized carbons (Fsp3) is 0.167. The molecule has 0 saturated carbocycles. The van der Waals surface area contributed by atoms with Gasteiger partial charge in [0.1, 0.15) is 0 Å². The Bertz CT molecular complexity index is 271. The van der Waals surface area contributed by atoms with Crippen LogP contribution in [0.25, 0.3) is 0 Å². The van der Waals surface area contributed by atoms with Crippen LogP contribution in [0.15, 0.2) is 9.81 Å². The molecule has 0 atom stereocenters. The molecule has 0 aromatic rings. The third-order valence-corrected chi connectivity index (χ3v) is 4.18. The standard InChI is InChI=1S/C6H2N2S2.Ni/c1-4-9-5(2-7)6(3-8)10-4;/h1,4H;. The summed E-state index contributed by atoms with van der Waals surface area (Å²) in [4.78, 5) is 2.60. The van der Waals surface area contributed by atoms with Crippen LogP contribution >= 0.6 is 23.5 Å². The molecular weight excluding hydrogens is 223 g/mol. The maximum absolute atomic E-state index is 8.54. The van der Waals surface area contributed by atoms with E-state index in [-0.39, 0.29) is 4.58 Å². The molecule has 1 aliphatic rings. The van der Waals surface area contributed by atoms with Crippen LogP contribution in [0, 0.1) is 22.7 Å². The van der Waals surface area contributed by atoms with Crippen molar-refractivity contribution in [2.45, 2.75) is 4.58 Å². The minimum atomic E-state index is 0.0827. The zero-order valence-corrected chi connectivity index (χ0v) is 7.80. The van der Waals surface area contributed by atoms with Gasteiger partial charge < -0.3 is 0 Å². The van der Waals surface area contributed by atoms with E-state index in [2.05, 4.69) is 15.0 Å². The van der Waals surface area contributed by atoms with E-state index >= 15 is 0 Å². The van der Waals surface area contributed by atoms with E-state index in [1.54, 1.807) is 4.99 Å². The SMILES string of the molecule is N#CC1=C(C#N)SC([CH]=[Ni])S1. The van der Waals surface area contributed by atoms with Crippen molar-refractivity contribution in [1.82, 2.24) is 0 Å². The second kappa shape index (κ2) is 3.97. The van der Waals surface area contributed by atoms with E-state index in [1.165, 1.54) is 23.5 Å². The molecule has 0 unspecified atom stereocenters. The average molecular weight is 225 g/mol. The molecule has 5 heteroatoms. The van der Waals surface area contributed by atoms with Crippen molar-refractivity contribution in [1.29, 1.82) is 10.5 Å². The Kier molecular flexibility index (Phi) is 3.21. The summed E-state index contributed by atoms with van der Waals surface area (Å²) in [6.45, 7) is 0. The summed E-state index contributed by atoms with van der Waals surface area (Å²) in [7, 11) is 0. The first-order valence-electron chi connectivity index (χ1n) is 2.59. The average Bonchev–Trinajstić information content (AvgIpc) is 2.46. The van der Waals surface area contributed by atoms with E-state index < -0.39 is 0 Å². The van der Waals surface area contributed by atoms with Gasteiger partial charge in [0.15, 0.2) is 0 Å². The van der Waals surface area contributed by atoms with Crippen molar-refractivity contribution in [3.8, 4) is 12.1 Å². The van der Waals surface area contributed by atoms with Gasteiger partial charge in [-0.15, -0.1) is 0 Å². The monoisotopic (exact) mass is 224 g/mol. The molecular formula is C6H2N2NiS2. The van der Waals surface area contributed by atoms with Crippen molar-refractivity contribution in [2.24, 2.45) is 0 Å². The van der Waals surface area contributed by atoms with Crippen molar-refractivity contribution >= 4 is 28.5 Å². The first-order chi connectivity index (χ1) is 5.31. The fourth-order valence-corrected chi connectivity index (χ4v) is 2.98. The molecule has 2 nitrogen and oxygen atoms in total. The van der Waals surface area contributed by atoms with Crippen LogP contribution in [0.3, 0.4) is 0 Å². The van der Waals surface area contributed by atoms with Crippen molar-refractivity contribution in [3.63, 3.8) is 0 Å². The Morgan fingerprint density at radius 3 is 2.00 bits per heavy atom. The molecule has 1 aliphatic heterocycles. The van der Waals surface area contributed by atoms with Crippen molar-refractivity contribution in [2.75, 3.05) is 0 Å². The van der Waals surface area contributed by atoms with Gasteiger partial charge in [-0.3, -0.25) is 0 Å². The number of hydrogen-bond donors (Lipinski definition) is 0. The molecule has 0 N–H and O–H groups in total. The van der Waals surface area contributed by atoms with Crippen LogP contribution in [0.5, 0.6) is 0 Å². The van der Waals surface area contributed by atoms with Crippen LogP contribution in [-0.2, 0) is 15.0 Å². The zero-order chi connectivity index (χ0) is 8.27. The molecule has 1 rings (SSSR count). The van der Waals surface area contributed by atoms with Gasteiger partial charge in [0.25, 0.3) is 0 Å². The molecule has 0 bridgehead atoms. The topological polar surface area (TPSA) is 47.6 Å². The molecule has 58 valence electrons. The molecule has 0 aromatic heterocycles. The Hall–Kier alpha value is -0.216. The summed E-state index contributed by atoms with van der Waals surface area (Å²) in [5.41, 5.74) is 0. The van der Waals surface area contributed by atoms with Crippen molar-refractivity contribution in [3.05, 3.63) is 9.81 Å².